The van der Waals surface area contributed by atoms with E-state index in [1.807, 2.05) is 24.3 Å². The van der Waals surface area contributed by atoms with Gasteiger partial charge < -0.3 is 9.47 Å². The topological polar surface area (TPSA) is 18.5 Å². The summed E-state index contributed by atoms with van der Waals surface area (Å²) in [6, 6.07) is 16.7. The molecule has 3 heteroatoms. The van der Waals surface area contributed by atoms with E-state index in [4.69, 9.17) is 9.47 Å². The monoisotopic (exact) mass is 382 g/mol. The molecule has 0 saturated heterocycles. The van der Waals surface area contributed by atoms with Crippen LogP contribution in [-0.2, 0) is 0 Å². The molecule has 0 spiro atoms. The molecule has 2 aromatic carbocycles. The predicted molar refractivity (Wildman–Crippen MR) is 91.1 cm³/mol. The summed E-state index contributed by atoms with van der Waals surface area (Å²) >= 11 is 2.20. The first-order chi connectivity index (χ1) is 9.78. The van der Waals surface area contributed by atoms with Gasteiger partial charge in [0.1, 0.15) is 16.1 Å². The van der Waals surface area contributed by atoms with Crippen LogP contribution in [0.2, 0.25) is 0 Å². The van der Waals surface area contributed by atoms with Crippen LogP contribution in [0.4, 0.5) is 0 Å². The van der Waals surface area contributed by atoms with E-state index in [2.05, 4.69) is 53.8 Å². The van der Waals surface area contributed by atoms with E-state index in [1.165, 1.54) is 11.1 Å². The van der Waals surface area contributed by atoms with Crippen molar-refractivity contribution in [2.75, 3.05) is 11.7 Å². The third-order valence-electron chi connectivity index (χ3n) is 3.43. The minimum atomic E-state index is 0.412. The van der Waals surface area contributed by atoms with Crippen LogP contribution < -0.4 is 9.47 Å². The Bertz CT molecular complexity index is 520. The summed E-state index contributed by atoms with van der Waals surface area (Å²) in [4.78, 5) is 0. The molecule has 0 bridgehead atoms. The van der Waals surface area contributed by atoms with Gasteiger partial charge in [-0.3, -0.25) is 0 Å². The van der Waals surface area contributed by atoms with Gasteiger partial charge in [0.2, 0.25) is 0 Å². The molecule has 1 atom stereocenters. The van der Waals surface area contributed by atoms with Crippen LogP contribution in [-0.4, -0.2) is 11.7 Å². The SMILES string of the molecule is CCC(c1ccc(OC)cc1)c1ccc(OCI)cc1. The number of benzene rings is 2. The summed E-state index contributed by atoms with van der Waals surface area (Å²) in [5.74, 6) is 2.23. The standard InChI is InChI=1S/C17H19IO2/c1-3-17(13-4-8-15(19-2)9-5-13)14-6-10-16(11-7-14)20-12-18/h4-11,17H,3,12H2,1-2H3. The van der Waals surface area contributed by atoms with Crippen molar-refractivity contribution in [2.24, 2.45) is 0 Å². The Labute approximate surface area is 134 Å². The molecule has 1 unspecified atom stereocenters. The minimum Gasteiger partial charge on any atom is -0.497 e. The second-order valence-corrected chi connectivity index (χ2v) is 5.18. The first-order valence-electron chi connectivity index (χ1n) is 6.71. The first kappa shape index (κ1) is 15.2. The lowest BCUT2D eigenvalue weighted by molar-refractivity contribution is 0.404. The Kier molecular flexibility index (Phi) is 5.71. The van der Waals surface area contributed by atoms with E-state index in [-0.39, 0.29) is 0 Å². The zero-order chi connectivity index (χ0) is 14.4. The van der Waals surface area contributed by atoms with Crippen molar-refractivity contribution in [2.45, 2.75) is 19.3 Å². The highest BCUT2D eigenvalue weighted by atomic mass is 127. The van der Waals surface area contributed by atoms with Gasteiger partial charge in [0.05, 0.1) is 7.11 Å². The number of ether oxygens (including phenoxy) is 2. The number of rotatable bonds is 6. The smallest absolute Gasteiger partial charge is 0.139 e. The zero-order valence-corrected chi connectivity index (χ0v) is 14.0. The van der Waals surface area contributed by atoms with Crippen molar-refractivity contribution in [3.05, 3.63) is 59.7 Å². The van der Waals surface area contributed by atoms with Crippen molar-refractivity contribution in [1.82, 2.24) is 0 Å². The normalized spacial score (nSPS) is 11.9. The Hall–Kier alpha value is -1.23. The molecule has 2 rings (SSSR count). The van der Waals surface area contributed by atoms with E-state index in [0.717, 1.165) is 17.9 Å². The Balaban J connectivity index is 2.21. The number of hydrogen-bond donors (Lipinski definition) is 0. The first-order valence-corrected chi connectivity index (χ1v) is 8.23. The average Bonchev–Trinajstić information content (AvgIpc) is 2.51. The largest absolute Gasteiger partial charge is 0.497 e. The summed E-state index contributed by atoms with van der Waals surface area (Å²) in [5.41, 5.74) is 2.63. The molecule has 0 fully saturated rings. The van der Waals surface area contributed by atoms with Gasteiger partial charge in [-0.2, -0.15) is 0 Å². The molecular formula is C17H19IO2. The lowest BCUT2D eigenvalue weighted by Gasteiger charge is -2.17. The van der Waals surface area contributed by atoms with Gasteiger partial charge in [0.15, 0.2) is 0 Å². The van der Waals surface area contributed by atoms with Crippen LogP contribution in [0.1, 0.15) is 30.4 Å². The fourth-order valence-corrected chi connectivity index (χ4v) is 2.72. The molecule has 0 heterocycles. The lowest BCUT2D eigenvalue weighted by Crippen LogP contribution is -2.00. The maximum Gasteiger partial charge on any atom is 0.139 e. The molecule has 106 valence electrons. The van der Waals surface area contributed by atoms with Gasteiger partial charge in [-0.1, -0.05) is 31.2 Å². The molecule has 2 aromatic rings. The highest BCUT2D eigenvalue weighted by Gasteiger charge is 2.12. The molecule has 0 aliphatic heterocycles. The maximum absolute atomic E-state index is 5.48. The second kappa shape index (κ2) is 7.53. The van der Waals surface area contributed by atoms with Gasteiger partial charge in [0, 0.05) is 5.92 Å². The fraction of sp³-hybridized carbons (Fsp3) is 0.294. The summed E-state index contributed by atoms with van der Waals surface area (Å²) in [5, 5.41) is 0. The van der Waals surface area contributed by atoms with Gasteiger partial charge in [0.25, 0.3) is 0 Å². The van der Waals surface area contributed by atoms with E-state index in [0.29, 0.717) is 10.5 Å². The van der Waals surface area contributed by atoms with E-state index in [1.54, 1.807) is 7.11 Å². The number of alkyl halides is 1. The molecule has 20 heavy (non-hydrogen) atoms. The van der Waals surface area contributed by atoms with Gasteiger partial charge in [-0.05, 0) is 64.4 Å². The van der Waals surface area contributed by atoms with Crippen LogP contribution >= 0.6 is 22.6 Å². The van der Waals surface area contributed by atoms with Crippen LogP contribution in [0.3, 0.4) is 0 Å². The predicted octanol–water partition coefficient (Wildman–Crippen LogP) is 5.01. The summed E-state index contributed by atoms with van der Waals surface area (Å²) in [6.07, 6.45) is 1.07. The maximum atomic E-state index is 5.48. The van der Waals surface area contributed by atoms with Gasteiger partial charge >= 0.3 is 0 Å². The molecule has 0 N–H and O–H groups in total. The van der Waals surface area contributed by atoms with Gasteiger partial charge in [-0.25, -0.2) is 0 Å². The zero-order valence-electron chi connectivity index (χ0n) is 11.8. The fourth-order valence-electron chi connectivity index (χ4n) is 2.36. The lowest BCUT2D eigenvalue weighted by atomic mass is 9.89. The molecule has 0 radical (unpaired) electrons. The third kappa shape index (κ3) is 3.66. The highest BCUT2D eigenvalue weighted by Crippen LogP contribution is 2.30. The summed E-state index contributed by atoms with van der Waals surface area (Å²) < 4.78 is 11.4. The van der Waals surface area contributed by atoms with Crippen LogP contribution in [0, 0.1) is 0 Å². The number of halogens is 1. The molecule has 2 nitrogen and oxygen atoms in total. The quantitative estimate of drug-likeness (QED) is 0.517. The van der Waals surface area contributed by atoms with E-state index in [9.17, 15) is 0 Å². The van der Waals surface area contributed by atoms with Crippen LogP contribution in [0.5, 0.6) is 11.5 Å². The van der Waals surface area contributed by atoms with Crippen molar-refractivity contribution in [3.63, 3.8) is 0 Å². The molecule has 0 saturated carbocycles. The summed E-state index contributed by atoms with van der Waals surface area (Å²) in [6.45, 7) is 2.21. The molecule has 0 aliphatic carbocycles. The summed E-state index contributed by atoms with van der Waals surface area (Å²) in [7, 11) is 1.69. The Morgan fingerprint density at radius 2 is 1.40 bits per heavy atom. The van der Waals surface area contributed by atoms with Crippen LogP contribution in [0.25, 0.3) is 0 Å². The number of methoxy groups -OCH3 is 1. The average molecular weight is 382 g/mol. The molecule has 0 amide bonds. The highest BCUT2D eigenvalue weighted by molar-refractivity contribution is 14.1. The van der Waals surface area contributed by atoms with Crippen molar-refractivity contribution >= 4 is 22.6 Å². The van der Waals surface area contributed by atoms with Crippen molar-refractivity contribution < 1.29 is 9.47 Å². The minimum absolute atomic E-state index is 0.412. The second-order valence-electron chi connectivity index (χ2n) is 4.56. The van der Waals surface area contributed by atoms with Gasteiger partial charge in [-0.15, -0.1) is 0 Å². The van der Waals surface area contributed by atoms with Crippen LogP contribution in [0.15, 0.2) is 48.5 Å². The van der Waals surface area contributed by atoms with Crippen molar-refractivity contribution in [1.29, 1.82) is 0 Å². The molecular weight excluding hydrogens is 363 g/mol. The molecule has 0 aliphatic rings. The number of hydrogen-bond acceptors (Lipinski definition) is 2. The third-order valence-corrected chi connectivity index (χ3v) is 3.74. The Morgan fingerprint density at radius 1 is 0.900 bits per heavy atom. The van der Waals surface area contributed by atoms with Crippen molar-refractivity contribution in [3.8, 4) is 11.5 Å². The molecule has 0 aromatic heterocycles. The Morgan fingerprint density at radius 3 is 1.80 bits per heavy atom. The van der Waals surface area contributed by atoms with E-state index < -0.39 is 0 Å². The van der Waals surface area contributed by atoms with E-state index >= 15 is 0 Å².